The van der Waals surface area contributed by atoms with E-state index >= 15 is 0 Å². The number of piperazine rings is 1. The number of imide groups is 2. The predicted molar refractivity (Wildman–Crippen MR) is 243 cm³/mol. The van der Waals surface area contributed by atoms with E-state index in [9.17, 15) is 33.2 Å². The van der Waals surface area contributed by atoms with Gasteiger partial charge in [-0.15, -0.1) is 0 Å². The van der Waals surface area contributed by atoms with E-state index in [4.69, 9.17) is 9.84 Å². The summed E-state index contributed by atoms with van der Waals surface area (Å²) in [4.78, 5) is 93.7. The van der Waals surface area contributed by atoms with Crippen molar-refractivity contribution >= 4 is 53.0 Å². The van der Waals surface area contributed by atoms with Gasteiger partial charge in [-0.2, -0.15) is 5.10 Å². The highest BCUT2D eigenvalue weighted by atomic mass is 19.1. The number of carbonyl (C=O) groups excluding carboxylic acids is 6. The lowest BCUT2D eigenvalue weighted by Gasteiger charge is -2.34. The molecule has 3 saturated heterocycles. The van der Waals surface area contributed by atoms with Crippen LogP contribution in [0.2, 0.25) is 0 Å². The summed E-state index contributed by atoms with van der Waals surface area (Å²) in [5, 5.41) is 16.4. The molecule has 6 heterocycles. The van der Waals surface area contributed by atoms with Gasteiger partial charge >= 0.3 is 6.03 Å². The number of nitrogens with zero attached hydrogens (tertiary/aromatic N) is 8. The Labute approximate surface area is 384 Å². The van der Waals surface area contributed by atoms with E-state index in [-0.39, 0.29) is 54.2 Å². The van der Waals surface area contributed by atoms with E-state index in [1.54, 1.807) is 41.2 Å². The third-order valence-electron chi connectivity index (χ3n) is 12.7. The molecule has 4 N–H and O–H groups in total. The zero-order valence-corrected chi connectivity index (χ0v) is 36.9. The van der Waals surface area contributed by atoms with E-state index < -0.39 is 35.7 Å². The Kier molecular flexibility index (Phi) is 12.7. The monoisotopic (exact) mass is 912 g/mol. The van der Waals surface area contributed by atoms with Gasteiger partial charge in [0.15, 0.2) is 0 Å². The Morgan fingerprint density at radius 1 is 0.896 bits per heavy atom. The fourth-order valence-electron chi connectivity index (χ4n) is 9.13. The molecule has 0 radical (unpaired) electrons. The molecule has 0 saturated carbocycles. The number of piperidine rings is 1. The molecule has 5 aromatic rings. The van der Waals surface area contributed by atoms with Crippen LogP contribution in [0.4, 0.5) is 26.6 Å². The number of methoxy groups -OCH3 is 1. The molecule has 0 spiro atoms. The third kappa shape index (κ3) is 9.30. The molecule has 2 aromatic heterocycles. The lowest BCUT2D eigenvalue weighted by atomic mass is 9.94. The van der Waals surface area contributed by atoms with Crippen molar-refractivity contribution in [1.82, 2.24) is 45.1 Å². The molecule has 4 aliphatic heterocycles. The number of likely N-dealkylation sites (tertiary alicyclic amines) is 1. The van der Waals surface area contributed by atoms with E-state index in [1.807, 2.05) is 48.2 Å². The molecule has 346 valence electrons. The lowest BCUT2D eigenvalue weighted by molar-refractivity contribution is -0.136. The van der Waals surface area contributed by atoms with Gasteiger partial charge in [0.05, 0.1) is 36.0 Å². The summed E-state index contributed by atoms with van der Waals surface area (Å²) in [5.74, 6) is -2.04. The number of benzene rings is 3. The molecule has 3 atom stereocenters. The minimum atomic E-state index is -1.07. The van der Waals surface area contributed by atoms with Gasteiger partial charge in [-0.25, -0.2) is 23.8 Å². The van der Waals surface area contributed by atoms with Gasteiger partial charge in [0.25, 0.3) is 11.8 Å². The Morgan fingerprint density at radius 3 is 2.39 bits per heavy atom. The Hall–Kier alpha value is -7.58. The number of anilines is 3. The van der Waals surface area contributed by atoms with Crippen LogP contribution < -0.4 is 26.2 Å². The Morgan fingerprint density at radius 2 is 1.66 bits per heavy atom. The van der Waals surface area contributed by atoms with E-state index in [1.165, 1.54) is 24.3 Å². The predicted octanol–water partition coefficient (Wildman–Crippen LogP) is 3.17. The van der Waals surface area contributed by atoms with Gasteiger partial charge in [0.1, 0.15) is 23.4 Å². The molecule has 1 unspecified atom stereocenters. The Bertz CT molecular complexity index is 2730. The summed E-state index contributed by atoms with van der Waals surface area (Å²) >= 11 is 0. The smallest absolute Gasteiger partial charge is 0.320 e. The maximum absolute atomic E-state index is 14.3. The quantitative estimate of drug-likeness (QED) is 0.125. The van der Waals surface area contributed by atoms with Crippen molar-refractivity contribution in [2.45, 2.75) is 37.8 Å². The van der Waals surface area contributed by atoms with Gasteiger partial charge < -0.3 is 25.2 Å². The van der Waals surface area contributed by atoms with E-state index in [0.29, 0.717) is 86.7 Å². The first-order valence-corrected chi connectivity index (χ1v) is 22.1. The average Bonchev–Trinajstić information content (AvgIpc) is 3.97. The largest absolute Gasteiger partial charge is 0.383 e. The number of fused-ring (bicyclic) bond motifs is 1. The number of amides is 7. The normalized spacial score (nSPS) is 19.7. The van der Waals surface area contributed by atoms with Crippen molar-refractivity contribution in [3.05, 3.63) is 113 Å². The molecular weight excluding hydrogens is 864 g/mol. The highest BCUT2D eigenvalue weighted by molar-refractivity contribution is 6.23. The summed E-state index contributed by atoms with van der Waals surface area (Å²) in [7, 11) is 1.65. The topological polar surface area (TPSA) is 216 Å². The number of nitrogens with one attached hydrogen (secondary N) is 4. The number of halogens is 1. The van der Waals surface area contributed by atoms with Crippen LogP contribution in [0, 0.1) is 12.7 Å². The fourth-order valence-corrected chi connectivity index (χ4v) is 9.13. The fraction of sp³-hybridized carbons (Fsp3) is 0.340. The summed E-state index contributed by atoms with van der Waals surface area (Å²) < 4.78 is 21.3. The van der Waals surface area contributed by atoms with Crippen molar-refractivity contribution in [2.75, 3.05) is 81.6 Å². The molecule has 20 heteroatoms. The van der Waals surface area contributed by atoms with Gasteiger partial charge in [-0.05, 0) is 61.4 Å². The Balaban J connectivity index is 0.823. The minimum absolute atomic E-state index is 0.0261. The standard InChI is InChI=1S/C47H49FN12O7/c1-28-41(55-60(33-9-4-3-5-10-33)42(28)54-47(66)52-37-27-56(19-20-67-2)26-36(37)29-7-6-8-31(48)21-29)30-23-50-46(51-24-30)58-17-15-57(16-18-58)40(62)25-49-32-11-12-34-35(22-32)45(65)59(44(34)64)38-13-14-39(61)53-43(38)63/h3-12,21-24,36-38,49H,13-20,25-27H2,1-2H3,(H2,52,54,66)(H,53,61,63)/t36-,37+,38?/m0/s1. The molecule has 0 bridgehead atoms. The summed E-state index contributed by atoms with van der Waals surface area (Å²) in [6.45, 7) is 6.00. The third-order valence-corrected chi connectivity index (χ3v) is 12.7. The first-order valence-electron chi connectivity index (χ1n) is 22.1. The molecule has 7 amide bonds. The van der Waals surface area contributed by atoms with Crippen LogP contribution in [0.3, 0.4) is 0 Å². The number of hydrogen-bond donors (Lipinski definition) is 4. The molecule has 19 nitrogen and oxygen atoms in total. The van der Waals surface area contributed by atoms with Crippen molar-refractivity contribution in [2.24, 2.45) is 0 Å². The van der Waals surface area contributed by atoms with Crippen LogP contribution >= 0.6 is 0 Å². The zero-order valence-electron chi connectivity index (χ0n) is 36.9. The molecule has 3 aromatic carbocycles. The lowest BCUT2D eigenvalue weighted by Crippen LogP contribution is -2.54. The highest BCUT2D eigenvalue weighted by Gasteiger charge is 2.45. The van der Waals surface area contributed by atoms with Crippen LogP contribution in [0.1, 0.15) is 50.6 Å². The number of urea groups is 1. The van der Waals surface area contributed by atoms with Crippen LogP contribution in [0.25, 0.3) is 16.9 Å². The minimum Gasteiger partial charge on any atom is -0.383 e. The highest BCUT2D eigenvalue weighted by Crippen LogP contribution is 2.33. The summed E-state index contributed by atoms with van der Waals surface area (Å²) in [6, 6.07) is 18.7. The van der Waals surface area contributed by atoms with Crippen LogP contribution in [-0.2, 0) is 19.1 Å². The molecule has 67 heavy (non-hydrogen) atoms. The van der Waals surface area contributed by atoms with Crippen LogP contribution in [0.5, 0.6) is 0 Å². The number of hydrogen-bond acceptors (Lipinski definition) is 13. The second-order valence-electron chi connectivity index (χ2n) is 16.9. The van der Waals surface area contributed by atoms with Gasteiger partial charge in [0, 0.05) is 94.5 Å². The van der Waals surface area contributed by atoms with Crippen molar-refractivity contribution in [3.8, 4) is 16.9 Å². The number of carbonyl (C=O) groups is 6. The van der Waals surface area contributed by atoms with Crippen molar-refractivity contribution < 1.29 is 37.9 Å². The molecule has 0 aliphatic carbocycles. The van der Waals surface area contributed by atoms with E-state index in [0.717, 1.165) is 16.2 Å². The van der Waals surface area contributed by atoms with Gasteiger partial charge in [0.2, 0.25) is 23.7 Å². The van der Waals surface area contributed by atoms with E-state index in [2.05, 4.69) is 36.1 Å². The van der Waals surface area contributed by atoms with Gasteiger partial charge in [-0.3, -0.25) is 44.4 Å². The second-order valence-corrected chi connectivity index (χ2v) is 16.9. The number of aromatic nitrogens is 4. The van der Waals surface area contributed by atoms with Gasteiger partial charge in [-0.1, -0.05) is 30.3 Å². The maximum Gasteiger partial charge on any atom is 0.320 e. The number of para-hydroxylation sites is 1. The van der Waals surface area contributed by atoms with Crippen molar-refractivity contribution in [3.63, 3.8) is 0 Å². The molecular formula is C47H49FN12O7. The molecule has 9 rings (SSSR count). The first kappa shape index (κ1) is 44.6. The summed E-state index contributed by atoms with van der Waals surface area (Å²) in [5.41, 5.74) is 4.18. The first-order chi connectivity index (χ1) is 32.4. The van der Waals surface area contributed by atoms with Crippen molar-refractivity contribution in [1.29, 1.82) is 0 Å². The van der Waals surface area contributed by atoms with Crippen LogP contribution in [-0.4, -0.2) is 148 Å². The SMILES string of the molecule is COCCN1C[C@@H](NC(=O)Nc2c(C)c(-c3cnc(N4CCN(C(=O)CNc5ccc6c(c5)C(=O)N(C5CCC(=O)NC5=O)C6=O)CC4)nc3)nn2-c2ccccc2)[C@H](c2cccc(F)c2)C1. The number of rotatable bonds is 13. The zero-order chi connectivity index (χ0) is 46.8. The maximum atomic E-state index is 14.3. The second kappa shape index (κ2) is 19.1. The number of ether oxygens (including phenoxy) is 1. The summed E-state index contributed by atoms with van der Waals surface area (Å²) in [6.07, 6.45) is 3.46. The van der Waals surface area contributed by atoms with Crippen LogP contribution in [0.15, 0.2) is 85.2 Å². The molecule has 4 aliphatic rings. The average molecular weight is 913 g/mol. The molecule has 3 fully saturated rings.